The summed E-state index contributed by atoms with van der Waals surface area (Å²) < 4.78 is 59.6. The van der Waals surface area contributed by atoms with Gasteiger partial charge in [-0.1, -0.05) is 12.1 Å². The van der Waals surface area contributed by atoms with Gasteiger partial charge in [-0.2, -0.15) is 8.61 Å². The first-order valence-corrected chi connectivity index (χ1v) is 13.6. The van der Waals surface area contributed by atoms with Gasteiger partial charge < -0.3 is 10.1 Å². The number of ether oxygens (including phenoxy) is 1. The van der Waals surface area contributed by atoms with E-state index in [1.807, 2.05) is 6.07 Å². The van der Waals surface area contributed by atoms with Crippen LogP contribution in [0.3, 0.4) is 0 Å². The minimum absolute atomic E-state index is 0.0844. The Bertz CT molecular complexity index is 1060. The minimum Gasteiger partial charge on any atom is -0.382 e. The van der Waals surface area contributed by atoms with Gasteiger partial charge >= 0.3 is 0 Å². The molecule has 0 radical (unpaired) electrons. The van der Waals surface area contributed by atoms with Crippen LogP contribution in [0.5, 0.6) is 0 Å². The van der Waals surface area contributed by atoms with Crippen LogP contribution in [0.25, 0.3) is 0 Å². The molecule has 2 aliphatic rings. The molecule has 2 saturated heterocycles. The lowest BCUT2D eigenvalue weighted by Crippen LogP contribution is -2.42. The van der Waals surface area contributed by atoms with E-state index in [4.69, 9.17) is 4.74 Å². The van der Waals surface area contributed by atoms with E-state index in [0.717, 1.165) is 5.69 Å². The highest BCUT2D eigenvalue weighted by molar-refractivity contribution is 7.91. The molecule has 0 saturated carbocycles. The molecule has 2 fully saturated rings. The van der Waals surface area contributed by atoms with Crippen LogP contribution in [0, 0.1) is 0 Å². The summed E-state index contributed by atoms with van der Waals surface area (Å²) >= 11 is 1.23. The van der Waals surface area contributed by atoms with Crippen molar-refractivity contribution in [2.75, 3.05) is 44.7 Å². The number of morpholine rings is 1. The number of hydrogen-bond donors (Lipinski definition) is 1. The standard InChI is InChI=1S/C19H25N3O5S3/c23-29(24,22-10-12-27-13-11-22)18-4-1-3-17(15-18)20-16-6-8-21(9-7-16)30(25,26)19-5-2-14-28-19/h1-5,14-16,20H,6-13H2. The van der Waals surface area contributed by atoms with Crippen molar-refractivity contribution >= 4 is 37.1 Å². The molecule has 1 N–H and O–H groups in total. The molecule has 0 unspecified atom stereocenters. The van der Waals surface area contributed by atoms with Crippen molar-refractivity contribution in [3.05, 3.63) is 41.8 Å². The average Bonchev–Trinajstić information content (AvgIpc) is 3.31. The summed E-state index contributed by atoms with van der Waals surface area (Å²) in [6, 6.07) is 10.3. The Morgan fingerprint density at radius 1 is 0.900 bits per heavy atom. The third-order valence-electron chi connectivity index (χ3n) is 5.36. The van der Waals surface area contributed by atoms with Crippen LogP contribution >= 0.6 is 11.3 Å². The molecule has 1 aromatic heterocycles. The van der Waals surface area contributed by atoms with Crippen molar-refractivity contribution in [3.63, 3.8) is 0 Å². The van der Waals surface area contributed by atoms with Crippen molar-refractivity contribution in [2.45, 2.75) is 28.0 Å². The van der Waals surface area contributed by atoms with Crippen LogP contribution in [0.2, 0.25) is 0 Å². The van der Waals surface area contributed by atoms with Gasteiger partial charge in [0.05, 0.1) is 18.1 Å². The fourth-order valence-corrected chi connectivity index (χ4v) is 7.76. The summed E-state index contributed by atoms with van der Waals surface area (Å²) in [5, 5.41) is 5.14. The van der Waals surface area contributed by atoms with Crippen molar-refractivity contribution in [2.24, 2.45) is 0 Å². The highest BCUT2D eigenvalue weighted by atomic mass is 32.2. The third-order valence-corrected chi connectivity index (χ3v) is 10.5. The van der Waals surface area contributed by atoms with Gasteiger partial charge in [-0.25, -0.2) is 16.8 Å². The summed E-state index contributed by atoms with van der Waals surface area (Å²) in [5.41, 5.74) is 0.726. The summed E-state index contributed by atoms with van der Waals surface area (Å²) in [6.07, 6.45) is 1.32. The first kappa shape index (κ1) is 21.7. The molecule has 0 bridgehead atoms. The molecule has 8 nitrogen and oxygen atoms in total. The molecule has 164 valence electrons. The topological polar surface area (TPSA) is 96.0 Å². The second kappa shape index (κ2) is 8.93. The van der Waals surface area contributed by atoms with E-state index >= 15 is 0 Å². The van der Waals surface area contributed by atoms with Gasteiger partial charge in [0.1, 0.15) is 4.21 Å². The summed E-state index contributed by atoms with van der Waals surface area (Å²) in [4.78, 5) is 0.257. The lowest BCUT2D eigenvalue weighted by Gasteiger charge is -2.32. The van der Waals surface area contributed by atoms with Crippen LogP contribution in [-0.4, -0.2) is 70.9 Å². The molecule has 0 aliphatic carbocycles. The van der Waals surface area contributed by atoms with Crippen LogP contribution in [0.4, 0.5) is 5.69 Å². The van der Waals surface area contributed by atoms with E-state index in [1.54, 1.807) is 35.7 Å². The summed E-state index contributed by atoms with van der Waals surface area (Å²) in [6.45, 7) is 2.40. The Hall–Kier alpha value is -1.50. The van der Waals surface area contributed by atoms with E-state index in [-0.39, 0.29) is 10.9 Å². The van der Waals surface area contributed by atoms with E-state index in [1.165, 1.54) is 19.9 Å². The Kier molecular flexibility index (Phi) is 6.47. The average molecular weight is 472 g/mol. The quantitative estimate of drug-likeness (QED) is 0.693. The van der Waals surface area contributed by atoms with Gasteiger partial charge in [-0.15, -0.1) is 11.3 Å². The van der Waals surface area contributed by atoms with E-state index in [0.29, 0.717) is 56.4 Å². The number of nitrogens with zero attached hydrogens (tertiary/aromatic N) is 2. The first-order valence-electron chi connectivity index (χ1n) is 9.85. The number of sulfonamides is 2. The number of thiophene rings is 1. The maximum absolute atomic E-state index is 12.9. The molecule has 30 heavy (non-hydrogen) atoms. The fraction of sp³-hybridized carbons (Fsp3) is 0.474. The van der Waals surface area contributed by atoms with Gasteiger partial charge in [0.25, 0.3) is 10.0 Å². The SMILES string of the molecule is O=S(=O)(c1cccc(NC2CCN(S(=O)(=O)c3cccs3)CC2)c1)N1CCOCC1. The molecule has 2 aromatic rings. The van der Waals surface area contributed by atoms with Gasteiger partial charge in [-0.05, 0) is 42.5 Å². The third kappa shape index (κ3) is 4.56. The number of benzene rings is 1. The van der Waals surface area contributed by atoms with E-state index < -0.39 is 20.0 Å². The predicted molar refractivity (Wildman–Crippen MR) is 116 cm³/mol. The molecule has 2 aliphatic heterocycles. The Morgan fingerprint density at radius 2 is 1.60 bits per heavy atom. The largest absolute Gasteiger partial charge is 0.382 e. The lowest BCUT2D eigenvalue weighted by atomic mass is 10.1. The fourth-order valence-electron chi connectivity index (χ4n) is 3.70. The monoisotopic (exact) mass is 471 g/mol. The number of rotatable bonds is 6. The number of hydrogen-bond acceptors (Lipinski definition) is 7. The maximum Gasteiger partial charge on any atom is 0.252 e. The van der Waals surface area contributed by atoms with Crippen molar-refractivity contribution in [1.29, 1.82) is 0 Å². The molecular formula is C19H25N3O5S3. The zero-order chi connectivity index (χ0) is 21.2. The van der Waals surface area contributed by atoms with E-state index in [9.17, 15) is 16.8 Å². The second-order valence-electron chi connectivity index (χ2n) is 7.30. The molecular weight excluding hydrogens is 446 g/mol. The zero-order valence-corrected chi connectivity index (χ0v) is 18.9. The summed E-state index contributed by atoms with van der Waals surface area (Å²) in [7, 11) is -6.98. The highest BCUT2D eigenvalue weighted by Gasteiger charge is 2.30. The Morgan fingerprint density at radius 3 is 2.27 bits per heavy atom. The van der Waals surface area contributed by atoms with Crippen molar-refractivity contribution in [1.82, 2.24) is 8.61 Å². The van der Waals surface area contributed by atoms with Gasteiger partial charge in [0, 0.05) is 37.9 Å². The number of piperidine rings is 1. The van der Waals surface area contributed by atoms with Crippen LogP contribution < -0.4 is 5.32 Å². The molecule has 0 atom stereocenters. The molecule has 3 heterocycles. The molecule has 0 amide bonds. The van der Waals surface area contributed by atoms with Gasteiger partial charge in [0.2, 0.25) is 10.0 Å². The van der Waals surface area contributed by atoms with Crippen LogP contribution in [0.1, 0.15) is 12.8 Å². The van der Waals surface area contributed by atoms with Crippen LogP contribution in [-0.2, 0) is 24.8 Å². The van der Waals surface area contributed by atoms with Crippen molar-refractivity contribution in [3.8, 4) is 0 Å². The molecule has 11 heteroatoms. The minimum atomic E-state index is -3.55. The molecule has 0 spiro atoms. The van der Waals surface area contributed by atoms with Crippen molar-refractivity contribution < 1.29 is 21.6 Å². The number of nitrogens with one attached hydrogen (secondary N) is 1. The lowest BCUT2D eigenvalue weighted by molar-refractivity contribution is 0.0730. The smallest absolute Gasteiger partial charge is 0.252 e. The van der Waals surface area contributed by atoms with Gasteiger partial charge in [-0.3, -0.25) is 0 Å². The van der Waals surface area contributed by atoms with E-state index in [2.05, 4.69) is 5.32 Å². The Balaban J connectivity index is 1.40. The zero-order valence-electron chi connectivity index (χ0n) is 16.4. The highest BCUT2D eigenvalue weighted by Crippen LogP contribution is 2.26. The second-order valence-corrected chi connectivity index (χ2v) is 12.3. The number of anilines is 1. The molecule has 4 rings (SSSR count). The van der Waals surface area contributed by atoms with Crippen LogP contribution in [0.15, 0.2) is 50.9 Å². The normalized spacial score (nSPS) is 20.3. The maximum atomic E-state index is 12.9. The summed E-state index contributed by atoms with van der Waals surface area (Å²) in [5.74, 6) is 0. The van der Waals surface area contributed by atoms with Gasteiger partial charge in [0.15, 0.2) is 0 Å². The molecule has 1 aromatic carbocycles. The predicted octanol–water partition coefficient (Wildman–Crippen LogP) is 2.03. The Labute approximate surface area is 181 Å². The first-order chi connectivity index (χ1) is 14.4.